The number of halogens is 1. The molecule has 1 saturated heterocycles. The first kappa shape index (κ1) is 39.4. The number of esters is 1. The molecule has 1 aromatic carbocycles. The van der Waals surface area contributed by atoms with E-state index in [1.54, 1.807) is 25.2 Å². The number of hydrogen-bond donors (Lipinski definition) is 1. The lowest BCUT2D eigenvalue weighted by Crippen LogP contribution is -2.38. The van der Waals surface area contributed by atoms with Gasteiger partial charge >= 0.3 is 5.97 Å². The van der Waals surface area contributed by atoms with Gasteiger partial charge in [0.2, 0.25) is 10.0 Å². The normalized spacial score (nSPS) is 14.4. The molecule has 0 aliphatic carbocycles. The largest absolute Gasteiger partial charge is 0.493 e. The molecule has 12 nitrogen and oxygen atoms in total. The number of nitrogens with one attached hydrogen (secondary N) is 1. The number of piperidine rings is 1. The number of fused-ring (bicyclic) bond motifs is 1. The maximum atomic E-state index is 13.9. The Morgan fingerprint density at radius 1 is 1.02 bits per heavy atom. The molecular formula is C34H53ClN6O6S. The van der Waals surface area contributed by atoms with Crippen LogP contribution in [0.15, 0.2) is 27.9 Å². The maximum Gasteiger partial charge on any atom is 0.305 e. The quantitative estimate of drug-likeness (QED) is 0.174. The van der Waals surface area contributed by atoms with Crippen molar-refractivity contribution in [1.82, 2.24) is 29.0 Å². The Morgan fingerprint density at radius 2 is 1.73 bits per heavy atom. The summed E-state index contributed by atoms with van der Waals surface area (Å²) in [6.45, 7) is 12.6. The van der Waals surface area contributed by atoms with Gasteiger partial charge in [0.15, 0.2) is 5.52 Å². The van der Waals surface area contributed by atoms with E-state index in [-0.39, 0.29) is 40.6 Å². The van der Waals surface area contributed by atoms with Crippen molar-refractivity contribution in [2.24, 2.45) is 13.0 Å². The first-order chi connectivity index (χ1) is 22.6. The predicted octanol–water partition coefficient (Wildman–Crippen LogP) is 5.33. The minimum absolute atomic E-state index is 0. The van der Waals surface area contributed by atoms with E-state index < -0.39 is 10.0 Å². The summed E-state index contributed by atoms with van der Waals surface area (Å²) in [5.41, 5.74) is 1.66. The van der Waals surface area contributed by atoms with Gasteiger partial charge in [0, 0.05) is 33.1 Å². The second kappa shape index (κ2) is 18.7. The first-order valence-corrected chi connectivity index (χ1v) is 18.7. The molecule has 0 radical (unpaired) electrons. The topological polar surface area (TPSA) is 140 Å². The third-order valence-electron chi connectivity index (χ3n) is 8.64. The Morgan fingerprint density at radius 3 is 2.38 bits per heavy atom. The van der Waals surface area contributed by atoms with E-state index in [0.29, 0.717) is 80.8 Å². The summed E-state index contributed by atoms with van der Waals surface area (Å²) < 4.78 is 42.2. The summed E-state index contributed by atoms with van der Waals surface area (Å²) in [5.74, 6) is 0.751. The summed E-state index contributed by atoms with van der Waals surface area (Å²) in [5, 5.41) is 4.50. The van der Waals surface area contributed by atoms with E-state index in [0.717, 1.165) is 51.0 Å². The number of ether oxygens (including phenoxy) is 2. The van der Waals surface area contributed by atoms with Crippen LogP contribution >= 0.6 is 12.4 Å². The van der Waals surface area contributed by atoms with Gasteiger partial charge in [0.05, 0.1) is 22.8 Å². The maximum absolute atomic E-state index is 13.9. The lowest BCUT2D eigenvalue weighted by atomic mass is 9.93. The van der Waals surface area contributed by atoms with Crippen molar-refractivity contribution < 1.29 is 22.7 Å². The molecule has 0 bridgehead atoms. The van der Waals surface area contributed by atoms with Gasteiger partial charge in [0.25, 0.3) is 5.56 Å². The van der Waals surface area contributed by atoms with Crippen LogP contribution in [0, 0.1) is 5.92 Å². The number of hydrogen-bond acceptors (Lipinski definition) is 9. The molecule has 0 atom stereocenters. The van der Waals surface area contributed by atoms with Crippen molar-refractivity contribution in [3.63, 3.8) is 0 Å². The zero-order valence-corrected chi connectivity index (χ0v) is 30.8. The van der Waals surface area contributed by atoms with Crippen LogP contribution in [0.3, 0.4) is 0 Å². The number of carbonyl (C=O) groups is 1. The Balaban J connectivity index is 0.00000625. The highest BCUT2D eigenvalue weighted by atomic mass is 35.5. The average molecular weight is 709 g/mol. The Labute approximate surface area is 291 Å². The molecule has 0 spiro atoms. The summed E-state index contributed by atoms with van der Waals surface area (Å²) in [6.07, 6.45) is 6.77. The highest BCUT2D eigenvalue weighted by molar-refractivity contribution is 7.89. The van der Waals surface area contributed by atoms with Crippen LogP contribution in [0.2, 0.25) is 0 Å². The second-order valence-electron chi connectivity index (χ2n) is 12.4. The molecule has 3 heterocycles. The molecule has 4 rings (SSSR count). The van der Waals surface area contributed by atoms with Crippen molar-refractivity contribution in [3.05, 3.63) is 34.2 Å². The SMILES string of the molecule is CCCOc1ccc(S(=O)(=O)N2CCC(CCC(=O)OCCN(CCC)CCC)CC2)cc1-c1nc2c(CCC)nn(C)c2c(=O)[nH]1.Cl. The van der Waals surface area contributed by atoms with Crippen molar-refractivity contribution in [2.45, 2.75) is 90.4 Å². The molecule has 1 fully saturated rings. The van der Waals surface area contributed by atoms with Crippen LogP contribution in [-0.4, -0.2) is 89.3 Å². The number of aryl methyl sites for hydroxylation is 2. The molecule has 1 N–H and O–H groups in total. The molecule has 0 unspecified atom stereocenters. The van der Waals surface area contributed by atoms with E-state index in [9.17, 15) is 18.0 Å². The number of benzene rings is 1. The molecule has 1 aliphatic rings. The zero-order chi connectivity index (χ0) is 34.0. The van der Waals surface area contributed by atoms with Crippen LogP contribution in [0.4, 0.5) is 0 Å². The van der Waals surface area contributed by atoms with Crippen LogP contribution in [0.5, 0.6) is 5.75 Å². The van der Waals surface area contributed by atoms with Gasteiger partial charge in [-0.2, -0.15) is 9.40 Å². The molecule has 0 saturated carbocycles. The highest BCUT2D eigenvalue weighted by Crippen LogP contribution is 2.34. The van der Waals surface area contributed by atoms with E-state index in [4.69, 9.17) is 14.5 Å². The van der Waals surface area contributed by atoms with E-state index in [2.05, 4.69) is 28.8 Å². The number of carbonyl (C=O) groups excluding carboxylic acids is 1. The standard InChI is InChI=1S/C34H52N6O6S.ClH/c1-6-10-28-31-32(38(5)37-28)34(42)36-33(35-31)27-24-26(12-13-29(27)45-22-9-4)47(43,44)40-19-15-25(16-20-40)11-14-30(41)46-23-21-39(17-7-2)18-8-3;/h12-13,24-25H,6-11,14-23H2,1-5H3,(H,35,36,42);1H. The molecule has 3 aromatic rings. The molecule has 1 aliphatic heterocycles. The summed E-state index contributed by atoms with van der Waals surface area (Å²) in [4.78, 5) is 35.6. The first-order valence-electron chi connectivity index (χ1n) is 17.2. The number of sulfonamides is 1. The second-order valence-corrected chi connectivity index (χ2v) is 14.3. The Bertz CT molecular complexity index is 1650. The monoisotopic (exact) mass is 708 g/mol. The molecule has 14 heteroatoms. The number of rotatable bonds is 18. The number of nitrogens with zero attached hydrogens (tertiary/aromatic N) is 5. The zero-order valence-electron chi connectivity index (χ0n) is 29.1. The third-order valence-corrected chi connectivity index (χ3v) is 10.5. The van der Waals surface area contributed by atoms with E-state index in [1.807, 2.05) is 13.8 Å². The molecular weight excluding hydrogens is 656 g/mol. The number of aromatic nitrogens is 4. The van der Waals surface area contributed by atoms with Gasteiger partial charge in [-0.1, -0.05) is 34.1 Å². The fourth-order valence-electron chi connectivity index (χ4n) is 6.21. The van der Waals surface area contributed by atoms with Crippen molar-refractivity contribution in [2.75, 3.05) is 45.9 Å². The van der Waals surface area contributed by atoms with E-state index in [1.165, 1.54) is 8.99 Å². The van der Waals surface area contributed by atoms with Gasteiger partial charge in [-0.25, -0.2) is 13.4 Å². The highest BCUT2D eigenvalue weighted by Gasteiger charge is 2.31. The summed E-state index contributed by atoms with van der Waals surface area (Å²) in [7, 11) is -2.12. The van der Waals surface area contributed by atoms with Gasteiger partial charge < -0.3 is 14.5 Å². The van der Waals surface area contributed by atoms with Crippen molar-refractivity contribution in [3.8, 4) is 17.1 Å². The number of H-pyrrole nitrogens is 1. The smallest absolute Gasteiger partial charge is 0.305 e. The average Bonchev–Trinajstić information content (AvgIpc) is 3.38. The minimum Gasteiger partial charge on any atom is -0.493 e. The van der Waals surface area contributed by atoms with Crippen LogP contribution < -0.4 is 10.3 Å². The molecule has 268 valence electrons. The van der Waals surface area contributed by atoms with Gasteiger partial charge in [0.1, 0.15) is 23.7 Å². The van der Waals surface area contributed by atoms with Crippen molar-refractivity contribution in [1.29, 1.82) is 0 Å². The van der Waals surface area contributed by atoms with Crippen LogP contribution in [0.25, 0.3) is 22.4 Å². The Kier molecular flexibility index (Phi) is 15.3. The predicted molar refractivity (Wildman–Crippen MR) is 190 cm³/mol. The van der Waals surface area contributed by atoms with E-state index >= 15 is 0 Å². The molecule has 48 heavy (non-hydrogen) atoms. The fourth-order valence-corrected chi connectivity index (χ4v) is 7.71. The van der Waals surface area contributed by atoms with Crippen LogP contribution in [0.1, 0.15) is 84.8 Å². The summed E-state index contributed by atoms with van der Waals surface area (Å²) >= 11 is 0. The van der Waals surface area contributed by atoms with Gasteiger partial charge in [-0.05, 0) is 82.2 Å². The van der Waals surface area contributed by atoms with Gasteiger partial charge in [-0.15, -0.1) is 12.4 Å². The molecule has 2 aromatic heterocycles. The Hall–Kier alpha value is -3.00. The van der Waals surface area contributed by atoms with Crippen LogP contribution in [-0.2, 0) is 33.0 Å². The third kappa shape index (κ3) is 9.79. The number of aromatic amines is 1. The minimum atomic E-state index is -3.83. The van der Waals surface area contributed by atoms with Crippen molar-refractivity contribution >= 4 is 39.4 Å². The molecule has 0 amide bonds. The van der Waals surface area contributed by atoms with Gasteiger partial charge in [-0.3, -0.25) is 19.2 Å². The lowest BCUT2D eigenvalue weighted by molar-refractivity contribution is -0.144. The fraction of sp³-hybridized carbons (Fsp3) is 0.647. The lowest BCUT2D eigenvalue weighted by Gasteiger charge is -2.31. The summed E-state index contributed by atoms with van der Waals surface area (Å²) in [6, 6.07) is 4.74.